The Morgan fingerprint density at radius 1 is 1.39 bits per heavy atom. The van der Waals surface area contributed by atoms with Crippen LogP contribution in [0.1, 0.15) is 39.7 Å². The maximum Gasteiger partial charge on any atom is 0.224 e. The van der Waals surface area contributed by atoms with Crippen LogP contribution >= 0.6 is 0 Å². The molecule has 3 heteroatoms. The minimum absolute atomic E-state index is 0.0473. The van der Waals surface area contributed by atoms with Crippen molar-refractivity contribution in [2.75, 3.05) is 11.1 Å². The fourth-order valence-electron chi connectivity index (χ4n) is 1.56. The molecule has 0 saturated carbocycles. The second-order valence-corrected chi connectivity index (χ2v) is 6.09. The van der Waals surface area contributed by atoms with E-state index >= 15 is 0 Å². The van der Waals surface area contributed by atoms with Crippen LogP contribution < -0.4 is 11.1 Å². The van der Waals surface area contributed by atoms with Gasteiger partial charge in [0, 0.05) is 17.8 Å². The van der Waals surface area contributed by atoms with Crippen LogP contribution in [0.15, 0.2) is 18.2 Å². The Morgan fingerprint density at radius 2 is 2.00 bits per heavy atom. The minimum Gasteiger partial charge on any atom is -0.399 e. The largest absolute Gasteiger partial charge is 0.399 e. The first-order chi connectivity index (χ1) is 8.20. The van der Waals surface area contributed by atoms with E-state index in [0.29, 0.717) is 18.0 Å². The molecule has 0 aliphatic rings. The van der Waals surface area contributed by atoms with Gasteiger partial charge in [-0.05, 0) is 36.0 Å². The molecule has 1 unspecified atom stereocenters. The molecule has 0 radical (unpaired) electrons. The number of rotatable bonds is 3. The van der Waals surface area contributed by atoms with Crippen molar-refractivity contribution in [3.63, 3.8) is 0 Å². The number of nitrogens with two attached hydrogens (primary N) is 1. The third kappa shape index (κ3) is 4.06. The molecular formula is C15H24N2O. The van der Waals surface area contributed by atoms with Gasteiger partial charge in [0.1, 0.15) is 0 Å². The number of nitrogens with one attached hydrogen (secondary N) is 1. The zero-order valence-electron chi connectivity index (χ0n) is 12.0. The summed E-state index contributed by atoms with van der Waals surface area (Å²) in [5, 5.41) is 2.94. The van der Waals surface area contributed by atoms with Crippen LogP contribution in [0.4, 0.5) is 11.4 Å². The zero-order valence-corrected chi connectivity index (χ0v) is 12.0. The molecule has 100 valence electrons. The highest BCUT2D eigenvalue weighted by Crippen LogP contribution is 2.28. The average Bonchev–Trinajstić information content (AvgIpc) is 2.22. The summed E-state index contributed by atoms with van der Waals surface area (Å²) in [5.41, 5.74) is 8.37. The van der Waals surface area contributed by atoms with E-state index in [2.05, 4.69) is 33.0 Å². The van der Waals surface area contributed by atoms with Crippen molar-refractivity contribution in [1.82, 2.24) is 0 Å². The molecule has 0 saturated heterocycles. The summed E-state index contributed by atoms with van der Waals surface area (Å²) in [7, 11) is 0. The second-order valence-electron chi connectivity index (χ2n) is 6.09. The number of carbonyl (C=O) groups excluding carboxylic acids is 1. The van der Waals surface area contributed by atoms with Crippen molar-refractivity contribution in [2.45, 2.75) is 41.0 Å². The fraction of sp³-hybridized carbons (Fsp3) is 0.533. The van der Waals surface area contributed by atoms with Crippen LogP contribution in [0.2, 0.25) is 0 Å². The summed E-state index contributed by atoms with van der Waals surface area (Å²) in [6.07, 6.45) is 0.526. The van der Waals surface area contributed by atoms with Crippen LogP contribution in [0, 0.1) is 18.3 Å². The molecule has 3 N–H and O–H groups in total. The van der Waals surface area contributed by atoms with Crippen LogP contribution in [-0.2, 0) is 4.79 Å². The van der Waals surface area contributed by atoms with Crippen molar-refractivity contribution >= 4 is 17.3 Å². The van der Waals surface area contributed by atoms with Crippen molar-refractivity contribution in [1.29, 1.82) is 0 Å². The second kappa shape index (κ2) is 5.42. The Kier molecular flexibility index (Phi) is 4.38. The topological polar surface area (TPSA) is 55.1 Å². The lowest BCUT2D eigenvalue weighted by Crippen LogP contribution is -2.24. The number of hydrogen-bond donors (Lipinski definition) is 2. The fourth-order valence-corrected chi connectivity index (χ4v) is 1.56. The summed E-state index contributed by atoms with van der Waals surface area (Å²) in [6, 6.07) is 5.55. The minimum atomic E-state index is 0.0473. The predicted molar refractivity (Wildman–Crippen MR) is 77.5 cm³/mol. The molecule has 18 heavy (non-hydrogen) atoms. The highest BCUT2D eigenvalue weighted by Gasteiger charge is 2.22. The molecule has 3 nitrogen and oxygen atoms in total. The van der Waals surface area contributed by atoms with E-state index in [9.17, 15) is 4.79 Å². The first-order valence-electron chi connectivity index (χ1n) is 6.36. The number of carbonyl (C=O) groups is 1. The molecule has 0 aromatic heterocycles. The summed E-state index contributed by atoms with van der Waals surface area (Å²) in [6.45, 7) is 10.5. The van der Waals surface area contributed by atoms with Crippen LogP contribution in [-0.4, -0.2) is 5.91 Å². The Morgan fingerprint density at radius 3 is 2.56 bits per heavy atom. The van der Waals surface area contributed by atoms with E-state index in [4.69, 9.17) is 5.73 Å². The summed E-state index contributed by atoms with van der Waals surface area (Å²) in [5.74, 6) is 0.380. The Balaban J connectivity index is 2.68. The average molecular weight is 248 g/mol. The Bertz CT molecular complexity index is 433. The molecule has 0 aliphatic carbocycles. The third-order valence-electron chi connectivity index (χ3n) is 3.51. The Hall–Kier alpha value is -1.51. The van der Waals surface area contributed by atoms with E-state index in [-0.39, 0.29) is 11.3 Å². The van der Waals surface area contributed by atoms with Crippen LogP contribution in [0.3, 0.4) is 0 Å². The van der Waals surface area contributed by atoms with Crippen molar-refractivity contribution in [2.24, 2.45) is 11.3 Å². The monoisotopic (exact) mass is 248 g/mol. The van der Waals surface area contributed by atoms with Crippen molar-refractivity contribution in [3.8, 4) is 0 Å². The molecule has 1 rings (SSSR count). The molecule has 1 aromatic carbocycles. The van der Waals surface area contributed by atoms with Gasteiger partial charge in [-0.3, -0.25) is 4.79 Å². The lowest BCUT2D eigenvalue weighted by Gasteiger charge is -2.26. The van der Waals surface area contributed by atoms with E-state index < -0.39 is 0 Å². The molecule has 1 atom stereocenters. The van der Waals surface area contributed by atoms with Gasteiger partial charge in [-0.1, -0.05) is 33.8 Å². The summed E-state index contributed by atoms with van der Waals surface area (Å²) < 4.78 is 0. The zero-order chi connectivity index (χ0) is 13.9. The van der Waals surface area contributed by atoms with Gasteiger partial charge in [0.25, 0.3) is 0 Å². The van der Waals surface area contributed by atoms with E-state index in [1.165, 1.54) is 0 Å². The third-order valence-corrected chi connectivity index (χ3v) is 3.51. The van der Waals surface area contributed by atoms with Gasteiger partial charge < -0.3 is 11.1 Å². The quantitative estimate of drug-likeness (QED) is 0.803. The number of benzene rings is 1. The molecule has 1 amide bonds. The number of aryl methyl sites for hydroxylation is 1. The first kappa shape index (κ1) is 14.6. The van der Waals surface area contributed by atoms with E-state index in [1.54, 1.807) is 6.07 Å². The van der Waals surface area contributed by atoms with Gasteiger partial charge in [-0.15, -0.1) is 0 Å². The number of anilines is 2. The van der Waals surface area contributed by atoms with Gasteiger partial charge in [0.05, 0.1) is 0 Å². The van der Waals surface area contributed by atoms with Gasteiger partial charge in [-0.25, -0.2) is 0 Å². The van der Waals surface area contributed by atoms with E-state index in [1.807, 2.05) is 19.1 Å². The molecule has 0 heterocycles. The SMILES string of the molecule is Cc1ccc(N)cc1NC(=O)CC(C)C(C)(C)C. The smallest absolute Gasteiger partial charge is 0.224 e. The molecule has 0 bridgehead atoms. The van der Waals surface area contributed by atoms with Crippen molar-refractivity contribution < 1.29 is 4.79 Å². The van der Waals surface area contributed by atoms with E-state index in [0.717, 1.165) is 11.3 Å². The van der Waals surface area contributed by atoms with Crippen LogP contribution in [0.25, 0.3) is 0 Å². The van der Waals surface area contributed by atoms with Gasteiger partial charge >= 0.3 is 0 Å². The molecule has 0 spiro atoms. The summed E-state index contributed by atoms with van der Waals surface area (Å²) >= 11 is 0. The van der Waals surface area contributed by atoms with Crippen molar-refractivity contribution in [3.05, 3.63) is 23.8 Å². The lowest BCUT2D eigenvalue weighted by atomic mass is 9.80. The maximum absolute atomic E-state index is 12.0. The molecular weight excluding hydrogens is 224 g/mol. The van der Waals surface area contributed by atoms with Gasteiger partial charge in [0.2, 0.25) is 5.91 Å². The number of hydrogen-bond acceptors (Lipinski definition) is 2. The first-order valence-corrected chi connectivity index (χ1v) is 6.36. The highest BCUT2D eigenvalue weighted by atomic mass is 16.1. The highest BCUT2D eigenvalue weighted by molar-refractivity contribution is 5.92. The van der Waals surface area contributed by atoms with Crippen LogP contribution in [0.5, 0.6) is 0 Å². The number of amides is 1. The predicted octanol–water partition coefficient (Wildman–Crippen LogP) is 3.59. The lowest BCUT2D eigenvalue weighted by molar-refractivity contribution is -0.117. The molecule has 0 aliphatic heterocycles. The molecule has 1 aromatic rings. The Labute approximate surface area is 110 Å². The normalized spacial score (nSPS) is 13.2. The summed E-state index contributed by atoms with van der Waals surface area (Å²) in [4.78, 5) is 12.0. The maximum atomic E-state index is 12.0. The van der Waals surface area contributed by atoms with Gasteiger partial charge in [0.15, 0.2) is 0 Å². The van der Waals surface area contributed by atoms with Gasteiger partial charge in [-0.2, -0.15) is 0 Å². The standard InChI is InChI=1S/C15H24N2O/c1-10-6-7-12(16)9-13(10)17-14(18)8-11(2)15(3,4)5/h6-7,9,11H,8,16H2,1-5H3,(H,17,18). The molecule has 0 fully saturated rings. The number of nitrogen functional groups attached to an aromatic ring is 1.